The van der Waals surface area contributed by atoms with Crippen LogP contribution in [0.15, 0.2) is 48.5 Å². The summed E-state index contributed by atoms with van der Waals surface area (Å²) >= 11 is 0. The molecule has 0 radical (unpaired) electrons. The molecule has 2 aromatic rings. The largest absolute Gasteiger partial charge is 0.454 e. The number of carbonyl (C=O) groups excluding carboxylic acids is 2. The summed E-state index contributed by atoms with van der Waals surface area (Å²) in [5, 5.41) is 0. The van der Waals surface area contributed by atoms with Crippen LogP contribution in [-0.4, -0.2) is 39.1 Å². The number of carbonyl (C=O) groups is 2. The van der Waals surface area contributed by atoms with Gasteiger partial charge in [-0.3, -0.25) is 9.10 Å². The van der Waals surface area contributed by atoms with E-state index in [1.165, 1.54) is 16.4 Å². The van der Waals surface area contributed by atoms with Gasteiger partial charge in [0.05, 0.1) is 17.0 Å². The van der Waals surface area contributed by atoms with Crippen molar-refractivity contribution in [1.82, 2.24) is 0 Å². The Balaban J connectivity index is 1.66. The number of nitrogens with zero attached hydrogens (tertiary/aromatic N) is 1. The van der Waals surface area contributed by atoms with Crippen LogP contribution < -0.4 is 4.31 Å². The van der Waals surface area contributed by atoms with Crippen molar-refractivity contribution in [2.24, 2.45) is 0 Å². The monoisotopic (exact) mass is 387 g/mol. The Kier molecular flexibility index (Phi) is 5.60. The fourth-order valence-corrected chi connectivity index (χ4v) is 4.50. The van der Waals surface area contributed by atoms with Gasteiger partial charge < -0.3 is 4.74 Å². The molecule has 0 amide bonds. The highest BCUT2D eigenvalue weighted by Gasteiger charge is 2.28. The number of hydrogen-bond acceptors (Lipinski definition) is 5. The molecule has 0 atom stereocenters. The van der Waals surface area contributed by atoms with Crippen LogP contribution in [0.25, 0.3) is 0 Å². The molecule has 6 nitrogen and oxygen atoms in total. The highest BCUT2D eigenvalue weighted by atomic mass is 32.2. The van der Waals surface area contributed by atoms with Crippen LogP contribution in [0.3, 0.4) is 0 Å². The number of benzene rings is 2. The predicted molar refractivity (Wildman–Crippen MR) is 103 cm³/mol. The number of aryl methyl sites for hydroxylation is 1. The second kappa shape index (κ2) is 7.92. The summed E-state index contributed by atoms with van der Waals surface area (Å²) in [5.41, 5.74) is 2.25. The lowest BCUT2D eigenvalue weighted by Gasteiger charge is -2.17. The van der Waals surface area contributed by atoms with Crippen molar-refractivity contribution in [1.29, 1.82) is 0 Å². The average Bonchev–Trinajstić information content (AvgIpc) is 3.05. The van der Waals surface area contributed by atoms with Crippen LogP contribution >= 0.6 is 0 Å². The molecule has 0 unspecified atom stereocenters. The molecule has 1 aliphatic rings. The van der Waals surface area contributed by atoms with Gasteiger partial charge in [0.15, 0.2) is 12.4 Å². The van der Waals surface area contributed by atoms with Gasteiger partial charge in [-0.2, -0.15) is 0 Å². The zero-order chi connectivity index (χ0) is 19.4. The number of anilines is 1. The van der Waals surface area contributed by atoms with Gasteiger partial charge >= 0.3 is 5.97 Å². The molecular formula is C20H21NO5S. The van der Waals surface area contributed by atoms with E-state index < -0.39 is 16.0 Å². The number of ketones is 1. The zero-order valence-corrected chi connectivity index (χ0v) is 15.9. The molecule has 27 heavy (non-hydrogen) atoms. The molecule has 0 saturated carbocycles. The molecule has 3 rings (SSSR count). The van der Waals surface area contributed by atoms with Crippen molar-refractivity contribution >= 4 is 27.5 Å². The highest BCUT2D eigenvalue weighted by Crippen LogP contribution is 2.25. The van der Waals surface area contributed by atoms with Gasteiger partial charge in [0.25, 0.3) is 0 Å². The van der Waals surface area contributed by atoms with Gasteiger partial charge in [0.1, 0.15) is 0 Å². The lowest BCUT2D eigenvalue weighted by Crippen LogP contribution is -2.25. The SMILES string of the molecule is CCc1ccc(C(=O)COC(=O)c2cccc(N3CCCS3(=O)=O)c2)cc1. The third-order valence-electron chi connectivity index (χ3n) is 4.49. The number of esters is 1. The van der Waals surface area contributed by atoms with Crippen molar-refractivity contribution in [3.63, 3.8) is 0 Å². The first-order chi connectivity index (χ1) is 12.9. The van der Waals surface area contributed by atoms with Crippen molar-refractivity contribution in [3.05, 3.63) is 65.2 Å². The maximum Gasteiger partial charge on any atom is 0.338 e. The smallest absolute Gasteiger partial charge is 0.338 e. The molecule has 1 fully saturated rings. The zero-order valence-electron chi connectivity index (χ0n) is 15.1. The Morgan fingerprint density at radius 3 is 2.44 bits per heavy atom. The number of hydrogen-bond donors (Lipinski definition) is 0. The molecule has 0 bridgehead atoms. The van der Waals surface area contributed by atoms with E-state index in [9.17, 15) is 18.0 Å². The molecule has 1 saturated heterocycles. The molecule has 7 heteroatoms. The molecule has 0 aromatic heterocycles. The third kappa shape index (κ3) is 4.36. The van der Waals surface area contributed by atoms with Crippen molar-refractivity contribution in [3.8, 4) is 0 Å². The molecule has 0 aliphatic carbocycles. The summed E-state index contributed by atoms with van der Waals surface area (Å²) in [6.07, 6.45) is 1.44. The second-order valence-electron chi connectivity index (χ2n) is 6.34. The van der Waals surface area contributed by atoms with Gasteiger partial charge in [0.2, 0.25) is 10.0 Å². The lowest BCUT2D eigenvalue weighted by molar-refractivity contribution is 0.0475. The molecule has 2 aromatic carbocycles. The summed E-state index contributed by atoms with van der Waals surface area (Å²) in [7, 11) is -3.32. The first-order valence-electron chi connectivity index (χ1n) is 8.80. The first-order valence-corrected chi connectivity index (χ1v) is 10.4. The Bertz CT molecular complexity index is 951. The van der Waals surface area contributed by atoms with Gasteiger partial charge in [0, 0.05) is 12.1 Å². The van der Waals surface area contributed by atoms with Crippen LogP contribution in [0.1, 0.15) is 39.6 Å². The van der Waals surface area contributed by atoms with E-state index in [0.717, 1.165) is 12.0 Å². The molecular weight excluding hydrogens is 366 g/mol. The van der Waals surface area contributed by atoms with Crippen LogP contribution in [0.4, 0.5) is 5.69 Å². The highest BCUT2D eigenvalue weighted by molar-refractivity contribution is 7.93. The quantitative estimate of drug-likeness (QED) is 0.562. The van der Waals surface area contributed by atoms with E-state index >= 15 is 0 Å². The van der Waals surface area contributed by atoms with Crippen LogP contribution in [0, 0.1) is 0 Å². The van der Waals surface area contributed by atoms with E-state index in [1.807, 2.05) is 19.1 Å². The predicted octanol–water partition coefficient (Wildman–Crippen LogP) is 2.83. The number of Topliss-reactive ketones (excluding diaryl/α,β-unsaturated/α-hetero) is 1. The molecule has 0 N–H and O–H groups in total. The molecule has 1 aliphatic heterocycles. The van der Waals surface area contributed by atoms with E-state index in [0.29, 0.717) is 24.2 Å². The van der Waals surface area contributed by atoms with E-state index in [1.54, 1.807) is 24.3 Å². The topological polar surface area (TPSA) is 80.8 Å². The van der Waals surface area contributed by atoms with Gasteiger partial charge in [-0.15, -0.1) is 0 Å². The van der Waals surface area contributed by atoms with E-state index in [2.05, 4.69) is 0 Å². The standard InChI is InChI=1S/C20H21NO5S/c1-2-15-7-9-16(10-8-15)19(22)14-26-20(23)17-5-3-6-18(13-17)21-11-4-12-27(21,24)25/h3,5-10,13H,2,4,11-12,14H2,1H3. The summed E-state index contributed by atoms with van der Waals surface area (Å²) in [6.45, 7) is 2.06. The summed E-state index contributed by atoms with van der Waals surface area (Å²) < 4.78 is 30.5. The molecule has 0 spiro atoms. The van der Waals surface area contributed by atoms with Crippen molar-refractivity contribution < 1.29 is 22.7 Å². The Morgan fingerprint density at radius 1 is 1.07 bits per heavy atom. The number of ether oxygens (including phenoxy) is 1. The number of sulfonamides is 1. The Morgan fingerprint density at radius 2 is 1.81 bits per heavy atom. The van der Waals surface area contributed by atoms with Gasteiger partial charge in [-0.1, -0.05) is 37.3 Å². The van der Waals surface area contributed by atoms with Crippen molar-refractivity contribution in [2.45, 2.75) is 19.8 Å². The lowest BCUT2D eigenvalue weighted by atomic mass is 10.1. The minimum Gasteiger partial charge on any atom is -0.454 e. The fraction of sp³-hybridized carbons (Fsp3) is 0.300. The normalized spacial score (nSPS) is 15.5. The van der Waals surface area contributed by atoms with Crippen LogP contribution in [-0.2, 0) is 21.2 Å². The van der Waals surface area contributed by atoms with Crippen molar-refractivity contribution in [2.75, 3.05) is 23.2 Å². The maximum atomic E-state index is 12.3. The van der Waals surface area contributed by atoms with Crippen LogP contribution in [0.2, 0.25) is 0 Å². The molecule has 1 heterocycles. The third-order valence-corrected chi connectivity index (χ3v) is 6.36. The number of rotatable bonds is 6. The van der Waals surface area contributed by atoms with Gasteiger partial charge in [-0.05, 0) is 36.6 Å². The first kappa shape index (κ1) is 19.1. The van der Waals surface area contributed by atoms with E-state index in [-0.39, 0.29) is 23.7 Å². The van der Waals surface area contributed by atoms with E-state index in [4.69, 9.17) is 4.74 Å². The summed E-state index contributed by atoms with van der Waals surface area (Å²) in [5.74, 6) is -0.844. The average molecular weight is 387 g/mol. The minimum absolute atomic E-state index is 0.104. The minimum atomic E-state index is -3.32. The Hall–Kier alpha value is -2.67. The summed E-state index contributed by atoms with van der Waals surface area (Å²) in [6, 6.07) is 13.4. The second-order valence-corrected chi connectivity index (χ2v) is 8.35. The van der Waals surface area contributed by atoms with Crippen LogP contribution in [0.5, 0.6) is 0 Å². The maximum absolute atomic E-state index is 12.3. The van der Waals surface area contributed by atoms with Gasteiger partial charge in [-0.25, -0.2) is 13.2 Å². The summed E-state index contributed by atoms with van der Waals surface area (Å²) in [4.78, 5) is 24.4. The fourth-order valence-electron chi connectivity index (χ4n) is 2.94. The molecule has 142 valence electrons. The Labute approximate surface area is 158 Å².